The van der Waals surface area contributed by atoms with Crippen LogP contribution in [0.1, 0.15) is 38.8 Å². The molecule has 1 atom stereocenters. The van der Waals surface area contributed by atoms with Gasteiger partial charge in [0.05, 0.1) is 11.2 Å². The van der Waals surface area contributed by atoms with Gasteiger partial charge in [-0.15, -0.1) is 0 Å². The molecule has 0 bridgehead atoms. The van der Waals surface area contributed by atoms with Crippen molar-refractivity contribution >= 4 is 11.7 Å². The highest BCUT2D eigenvalue weighted by Gasteiger charge is 2.47. The number of amidine groups is 1. The molecule has 0 spiro atoms. The Kier molecular flexibility index (Phi) is 4.10. The quantitative estimate of drug-likeness (QED) is 0.786. The van der Waals surface area contributed by atoms with Gasteiger partial charge >= 0.3 is 6.02 Å². The van der Waals surface area contributed by atoms with Gasteiger partial charge in [0.1, 0.15) is 0 Å². The van der Waals surface area contributed by atoms with Crippen LogP contribution in [0.15, 0.2) is 59.6 Å². The average Bonchev–Trinajstić information content (AvgIpc) is 2.89. The Balaban J connectivity index is 1.99. The van der Waals surface area contributed by atoms with E-state index < -0.39 is 5.79 Å². The summed E-state index contributed by atoms with van der Waals surface area (Å²) in [5.41, 5.74) is 2.71. The predicted molar refractivity (Wildman–Crippen MR) is 95.8 cm³/mol. The SMILES string of the molecule is Cc1ccc(N=C2OC(C)(c3ccccc3)ON2C(C)(C)C)cc1. The molecule has 24 heavy (non-hydrogen) atoms. The van der Waals surface area contributed by atoms with E-state index in [1.54, 1.807) is 5.06 Å². The largest absolute Gasteiger partial charge is 0.424 e. The van der Waals surface area contributed by atoms with E-state index in [1.807, 2.05) is 61.5 Å². The number of aryl methyl sites for hydroxylation is 1. The van der Waals surface area contributed by atoms with Crippen molar-refractivity contribution < 1.29 is 9.57 Å². The van der Waals surface area contributed by atoms with Crippen molar-refractivity contribution in [2.45, 2.75) is 45.9 Å². The molecule has 1 aliphatic heterocycles. The van der Waals surface area contributed by atoms with Gasteiger partial charge < -0.3 is 4.74 Å². The Bertz CT molecular complexity index is 732. The molecule has 4 nitrogen and oxygen atoms in total. The summed E-state index contributed by atoms with van der Waals surface area (Å²) in [5.74, 6) is -0.891. The molecular weight excluding hydrogens is 300 g/mol. The van der Waals surface area contributed by atoms with Crippen LogP contribution in [0.4, 0.5) is 5.69 Å². The normalized spacial score (nSPS) is 22.7. The first-order valence-electron chi connectivity index (χ1n) is 8.17. The van der Waals surface area contributed by atoms with E-state index in [4.69, 9.17) is 9.57 Å². The number of hydrogen-bond donors (Lipinski definition) is 0. The summed E-state index contributed by atoms with van der Waals surface area (Å²) in [4.78, 5) is 10.9. The molecule has 2 aromatic rings. The molecule has 1 saturated heterocycles. The summed E-state index contributed by atoms with van der Waals surface area (Å²) in [5, 5.41) is 1.75. The molecule has 3 rings (SSSR count). The lowest BCUT2D eigenvalue weighted by atomic mass is 10.1. The van der Waals surface area contributed by atoms with Gasteiger partial charge in [0.2, 0.25) is 0 Å². The minimum absolute atomic E-state index is 0.282. The van der Waals surface area contributed by atoms with Crippen molar-refractivity contribution in [2.75, 3.05) is 0 Å². The minimum atomic E-state index is -0.891. The van der Waals surface area contributed by atoms with Crippen molar-refractivity contribution in [2.24, 2.45) is 4.99 Å². The molecular formula is C20H24N2O2. The lowest BCUT2D eigenvalue weighted by Crippen LogP contribution is -2.42. The summed E-state index contributed by atoms with van der Waals surface area (Å²) in [6, 6.07) is 18.4. The molecule has 0 radical (unpaired) electrons. The molecule has 126 valence electrons. The molecule has 1 heterocycles. The first kappa shape index (κ1) is 16.5. The number of ether oxygens (including phenoxy) is 1. The molecule has 1 fully saturated rings. The maximum absolute atomic E-state index is 6.19. The molecule has 0 aliphatic carbocycles. The van der Waals surface area contributed by atoms with Crippen molar-refractivity contribution in [3.05, 3.63) is 65.7 Å². The fourth-order valence-corrected chi connectivity index (χ4v) is 2.52. The zero-order valence-electron chi connectivity index (χ0n) is 14.9. The lowest BCUT2D eigenvalue weighted by molar-refractivity contribution is -0.255. The van der Waals surface area contributed by atoms with Gasteiger partial charge in [0.15, 0.2) is 0 Å². The molecule has 0 saturated carbocycles. The van der Waals surface area contributed by atoms with Crippen LogP contribution in [0.3, 0.4) is 0 Å². The Hall–Kier alpha value is -2.33. The summed E-state index contributed by atoms with van der Waals surface area (Å²) in [7, 11) is 0. The Morgan fingerprint density at radius 2 is 1.58 bits per heavy atom. The second-order valence-electron chi connectivity index (χ2n) is 7.20. The summed E-state index contributed by atoms with van der Waals surface area (Å²) >= 11 is 0. The van der Waals surface area contributed by atoms with Crippen LogP contribution in [0.2, 0.25) is 0 Å². The highest BCUT2D eigenvalue weighted by atomic mass is 16.9. The maximum Gasteiger partial charge on any atom is 0.320 e. The third-order valence-electron chi connectivity index (χ3n) is 3.89. The van der Waals surface area contributed by atoms with Crippen LogP contribution in [0.25, 0.3) is 0 Å². The highest BCUT2D eigenvalue weighted by Crippen LogP contribution is 2.38. The van der Waals surface area contributed by atoms with Crippen molar-refractivity contribution in [3.8, 4) is 0 Å². The number of nitrogens with zero attached hydrogens (tertiary/aromatic N) is 2. The zero-order chi connectivity index (χ0) is 17.4. The third kappa shape index (κ3) is 3.29. The van der Waals surface area contributed by atoms with Gasteiger partial charge in [-0.25, -0.2) is 4.84 Å². The number of aliphatic imine (C=N–C) groups is 1. The van der Waals surface area contributed by atoms with E-state index in [2.05, 4.69) is 32.7 Å². The van der Waals surface area contributed by atoms with Crippen LogP contribution < -0.4 is 0 Å². The highest BCUT2D eigenvalue weighted by molar-refractivity contribution is 5.78. The van der Waals surface area contributed by atoms with E-state index in [9.17, 15) is 0 Å². The summed E-state index contributed by atoms with van der Waals surface area (Å²) in [6.07, 6.45) is 0. The van der Waals surface area contributed by atoms with Crippen LogP contribution in [0.5, 0.6) is 0 Å². The maximum atomic E-state index is 6.19. The van der Waals surface area contributed by atoms with Crippen molar-refractivity contribution in [3.63, 3.8) is 0 Å². The van der Waals surface area contributed by atoms with E-state index >= 15 is 0 Å². The molecule has 0 N–H and O–H groups in total. The predicted octanol–water partition coefficient (Wildman–Crippen LogP) is 4.92. The first-order chi connectivity index (χ1) is 11.3. The molecule has 4 heteroatoms. The van der Waals surface area contributed by atoms with Crippen molar-refractivity contribution in [1.82, 2.24) is 5.06 Å². The van der Waals surface area contributed by atoms with E-state index in [1.165, 1.54) is 5.56 Å². The molecule has 2 aromatic carbocycles. The smallest absolute Gasteiger partial charge is 0.320 e. The fourth-order valence-electron chi connectivity index (χ4n) is 2.52. The van der Waals surface area contributed by atoms with Crippen LogP contribution in [0, 0.1) is 6.92 Å². The van der Waals surface area contributed by atoms with Gasteiger partial charge in [-0.2, -0.15) is 10.1 Å². The van der Waals surface area contributed by atoms with Crippen LogP contribution in [-0.2, 0) is 15.4 Å². The Morgan fingerprint density at radius 1 is 0.958 bits per heavy atom. The van der Waals surface area contributed by atoms with Gasteiger partial charge in [0.25, 0.3) is 5.79 Å². The van der Waals surface area contributed by atoms with Gasteiger partial charge in [-0.3, -0.25) is 0 Å². The molecule has 1 aliphatic rings. The number of hydroxylamine groups is 2. The van der Waals surface area contributed by atoms with E-state index in [0.717, 1.165) is 11.3 Å². The molecule has 0 aromatic heterocycles. The summed E-state index contributed by atoms with van der Waals surface area (Å²) < 4.78 is 6.16. The lowest BCUT2D eigenvalue weighted by Gasteiger charge is -2.30. The van der Waals surface area contributed by atoms with Gasteiger partial charge in [-0.05, 0) is 39.8 Å². The van der Waals surface area contributed by atoms with Crippen LogP contribution >= 0.6 is 0 Å². The van der Waals surface area contributed by atoms with E-state index in [0.29, 0.717) is 6.02 Å². The number of hydrogen-bond acceptors (Lipinski definition) is 3. The average molecular weight is 324 g/mol. The minimum Gasteiger partial charge on any atom is -0.424 e. The third-order valence-corrected chi connectivity index (χ3v) is 3.89. The fraction of sp³-hybridized carbons (Fsp3) is 0.350. The van der Waals surface area contributed by atoms with Gasteiger partial charge in [0, 0.05) is 12.5 Å². The Morgan fingerprint density at radius 3 is 2.17 bits per heavy atom. The first-order valence-corrected chi connectivity index (χ1v) is 8.17. The molecule has 1 unspecified atom stereocenters. The topological polar surface area (TPSA) is 34.1 Å². The second-order valence-corrected chi connectivity index (χ2v) is 7.20. The van der Waals surface area contributed by atoms with Crippen molar-refractivity contribution in [1.29, 1.82) is 0 Å². The van der Waals surface area contributed by atoms with Gasteiger partial charge in [-0.1, -0.05) is 48.0 Å². The monoisotopic (exact) mass is 324 g/mol. The van der Waals surface area contributed by atoms with Crippen LogP contribution in [-0.4, -0.2) is 16.6 Å². The van der Waals surface area contributed by atoms with E-state index in [-0.39, 0.29) is 5.54 Å². The number of rotatable bonds is 2. The summed E-state index contributed by atoms with van der Waals surface area (Å²) in [6.45, 7) is 10.2. The molecule has 0 amide bonds. The Labute approximate surface area is 143 Å². The second kappa shape index (κ2) is 5.95. The number of benzene rings is 2. The standard InChI is InChI=1S/C20H24N2O2/c1-15-11-13-17(14-12-15)21-18-22(19(2,3)4)24-20(5,23-18)16-9-7-6-8-10-16/h6-14H,1-5H3. The zero-order valence-corrected chi connectivity index (χ0v) is 14.9.